The Kier molecular flexibility index (Phi) is 7.52. The van der Waals surface area contributed by atoms with Crippen LogP contribution in [0.2, 0.25) is 0 Å². The van der Waals surface area contributed by atoms with Gasteiger partial charge in [0.15, 0.2) is 0 Å². The number of hydrogen-bond donors (Lipinski definition) is 1. The van der Waals surface area contributed by atoms with Gasteiger partial charge in [0.1, 0.15) is 5.69 Å². The lowest BCUT2D eigenvalue weighted by Crippen LogP contribution is -2.40. The summed E-state index contributed by atoms with van der Waals surface area (Å²) in [6.45, 7) is 6.21. The SMILES string of the molecule is CCCC(CCC)C(CC)NC(=O)c1ccc(C(F)(F)F)cn1. The Balaban J connectivity index is 2.79. The number of nitrogens with zero attached hydrogens (tertiary/aromatic N) is 1. The second-order valence-electron chi connectivity index (χ2n) is 5.76. The summed E-state index contributed by atoms with van der Waals surface area (Å²) in [5.41, 5.74) is -0.834. The molecule has 1 rings (SSSR count). The number of amides is 1. The van der Waals surface area contributed by atoms with Crippen LogP contribution in [-0.4, -0.2) is 16.9 Å². The molecule has 0 fully saturated rings. The van der Waals surface area contributed by atoms with Crippen LogP contribution >= 0.6 is 0 Å². The lowest BCUT2D eigenvalue weighted by atomic mass is 9.89. The molecule has 3 nitrogen and oxygen atoms in total. The third kappa shape index (κ3) is 5.84. The molecular weight excluding hydrogens is 305 g/mol. The average Bonchev–Trinajstić information content (AvgIpc) is 2.51. The van der Waals surface area contributed by atoms with Gasteiger partial charge >= 0.3 is 6.18 Å². The van der Waals surface area contributed by atoms with Crippen molar-refractivity contribution in [2.24, 2.45) is 5.92 Å². The van der Waals surface area contributed by atoms with Gasteiger partial charge in [-0.3, -0.25) is 9.78 Å². The molecule has 1 heterocycles. The summed E-state index contributed by atoms with van der Waals surface area (Å²) in [7, 11) is 0. The molecule has 0 saturated carbocycles. The minimum Gasteiger partial charge on any atom is -0.348 e. The van der Waals surface area contributed by atoms with E-state index in [4.69, 9.17) is 0 Å². The van der Waals surface area contributed by atoms with Crippen LogP contribution in [0.4, 0.5) is 13.2 Å². The highest BCUT2D eigenvalue weighted by Gasteiger charge is 2.31. The number of pyridine rings is 1. The van der Waals surface area contributed by atoms with Crippen LogP contribution in [0.1, 0.15) is 68.9 Å². The normalized spacial score (nSPS) is 13.2. The first-order valence-electron chi connectivity index (χ1n) is 8.17. The summed E-state index contributed by atoms with van der Waals surface area (Å²) >= 11 is 0. The summed E-state index contributed by atoms with van der Waals surface area (Å²) in [5.74, 6) is -0.0313. The maximum Gasteiger partial charge on any atom is 0.417 e. The van der Waals surface area contributed by atoms with E-state index in [0.29, 0.717) is 12.1 Å². The lowest BCUT2D eigenvalue weighted by molar-refractivity contribution is -0.137. The van der Waals surface area contributed by atoms with Crippen LogP contribution in [0.3, 0.4) is 0 Å². The molecule has 0 spiro atoms. The third-order valence-electron chi connectivity index (χ3n) is 3.97. The van der Waals surface area contributed by atoms with Gasteiger partial charge in [0.2, 0.25) is 0 Å². The van der Waals surface area contributed by atoms with Gasteiger partial charge in [-0.25, -0.2) is 0 Å². The Labute approximate surface area is 135 Å². The first-order valence-corrected chi connectivity index (χ1v) is 8.17. The molecule has 0 radical (unpaired) electrons. The van der Waals surface area contributed by atoms with E-state index in [0.717, 1.165) is 44.2 Å². The zero-order chi connectivity index (χ0) is 17.5. The van der Waals surface area contributed by atoms with Gasteiger partial charge in [0.25, 0.3) is 5.91 Å². The molecule has 0 saturated heterocycles. The predicted molar refractivity (Wildman–Crippen MR) is 84.1 cm³/mol. The van der Waals surface area contributed by atoms with E-state index < -0.39 is 17.6 Å². The minimum atomic E-state index is -4.44. The van der Waals surface area contributed by atoms with Crippen LogP contribution in [0, 0.1) is 5.92 Å². The summed E-state index contributed by atoms with van der Waals surface area (Å²) in [6.07, 6.45) is 1.16. The molecule has 130 valence electrons. The molecule has 23 heavy (non-hydrogen) atoms. The second-order valence-corrected chi connectivity index (χ2v) is 5.76. The number of carbonyl (C=O) groups excluding carboxylic acids is 1. The summed E-state index contributed by atoms with van der Waals surface area (Å²) in [6, 6.07) is 2.03. The maximum absolute atomic E-state index is 12.5. The Morgan fingerprint density at radius 3 is 2.17 bits per heavy atom. The van der Waals surface area contributed by atoms with Gasteiger partial charge < -0.3 is 5.32 Å². The molecular formula is C17H25F3N2O. The van der Waals surface area contributed by atoms with Crippen molar-refractivity contribution in [2.75, 3.05) is 0 Å². The standard InChI is InChI=1S/C17H25F3N2O/c1-4-7-12(8-5-2)14(6-3)22-16(23)15-10-9-13(11-21-15)17(18,19)20/h9-12,14H,4-8H2,1-3H3,(H,22,23). The third-order valence-corrected chi connectivity index (χ3v) is 3.97. The van der Waals surface area contributed by atoms with Crippen molar-refractivity contribution in [3.63, 3.8) is 0 Å². The molecule has 6 heteroatoms. The topological polar surface area (TPSA) is 42.0 Å². The summed E-state index contributed by atoms with van der Waals surface area (Å²) in [5, 5.41) is 2.93. The molecule has 1 amide bonds. The fraction of sp³-hybridized carbons (Fsp3) is 0.647. The van der Waals surface area contributed by atoms with Crippen LogP contribution < -0.4 is 5.32 Å². The fourth-order valence-corrected chi connectivity index (χ4v) is 2.78. The molecule has 0 aliphatic heterocycles. The van der Waals surface area contributed by atoms with Gasteiger partial charge in [-0.05, 0) is 37.3 Å². The van der Waals surface area contributed by atoms with Crippen LogP contribution in [0.25, 0.3) is 0 Å². The first-order chi connectivity index (χ1) is 10.8. The molecule has 1 aromatic rings. The largest absolute Gasteiger partial charge is 0.417 e. The van der Waals surface area contributed by atoms with E-state index in [1.165, 1.54) is 0 Å². The van der Waals surface area contributed by atoms with Crippen molar-refractivity contribution in [1.82, 2.24) is 10.3 Å². The van der Waals surface area contributed by atoms with Crippen molar-refractivity contribution in [3.8, 4) is 0 Å². The van der Waals surface area contributed by atoms with Crippen LogP contribution in [0.5, 0.6) is 0 Å². The van der Waals surface area contributed by atoms with Crippen molar-refractivity contribution in [1.29, 1.82) is 0 Å². The Bertz CT molecular complexity index is 480. The molecule has 0 bridgehead atoms. The summed E-state index contributed by atoms with van der Waals surface area (Å²) in [4.78, 5) is 15.9. The molecule has 0 aromatic carbocycles. The zero-order valence-corrected chi connectivity index (χ0v) is 13.9. The highest BCUT2D eigenvalue weighted by atomic mass is 19.4. The lowest BCUT2D eigenvalue weighted by Gasteiger charge is -2.26. The fourth-order valence-electron chi connectivity index (χ4n) is 2.78. The van der Waals surface area contributed by atoms with Crippen LogP contribution in [0.15, 0.2) is 18.3 Å². The van der Waals surface area contributed by atoms with Crippen LogP contribution in [-0.2, 0) is 6.18 Å². The predicted octanol–water partition coefficient (Wildman–Crippen LogP) is 4.83. The smallest absolute Gasteiger partial charge is 0.348 e. The monoisotopic (exact) mass is 330 g/mol. The average molecular weight is 330 g/mol. The Morgan fingerprint density at radius 1 is 1.17 bits per heavy atom. The molecule has 1 N–H and O–H groups in total. The van der Waals surface area contributed by atoms with Gasteiger partial charge in [-0.15, -0.1) is 0 Å². The van der Waals surface area contributed by atoms with E-state index in [-0.39, 0.29) is 11.7 Å². The van der Waals surface area contributed by atoms with E-state index in [2.05, 4.69) is 24.1 Å². The minimum absolute atomic E-state index is 0.0168. The first kappa shape index (κ1) is 19.5. The Hall–Kier alpha value is -1.59. The molecule has 1 aromatic heterocycles. The highest BCUT2D eigenvalue weighted by molar-refractivity contribution is 5.92. The van der Waals surface area contributed by atoms with E-state index >= 15 is 0 Å². The highest BCUT2D eigenvalue weighted by Crippen LogP contribution is 2.28. The van der Waals surface area contributed by atoms with Gasteiger partial charge in [-0.1, -0.05) is 33.6 Å². The number of hydrogen-bond acceptors (Lipinski definition) is 2. The van der Waals surface area contributed by atoms with Crippen molar-refractivity contribution in [3.05, 3.63) is 29.6 Å². The maximum atomic E-state index is 12.5. The van der Waals surface area contributed by atoms with Gasteiger partial charge in [-0.2, -0.15) is 13.2 Å². The number of alkyl halides is 3. The quantitative estimate of drug-likeness (QED) is 0.742. The molecule has 0 aliphatic carbocycles. The summed E-state index contributed by atoms with van der Waals surface area (Å²) < 4.78 is 37.6. The van der Waals surface area contributed by atoms with E-state index in [9.17, 15) is 18.0 Å². The zero-order valence-electron chi connectivity index (χ0n) is 13.9. The number of rotatable bonds is 8. The van der Waals surface area contributed by atoms with Crippen molar-refractivity contribution < 1.29 is 18.0 Å². The van der Waals surface area contributed by atoms with Crippen molar-refractivity contribution >= 4 is 5.91 Å². The number of carbonyl (C=O) groups is 1. The van der Waals surface area contributed by atoms with E-state index in [1.807, 2.05) is 6.92 Å². The molecule has 0 aliphatic rings. The van der Waals surface area contributed by atoms with Crippen molar-refractivity contribution in [2.45, 2.75) is 65.1 Å². The number of aromatic nitrogens is 1. The van der Waals surface area contributed by atoms with E-state index in [1.54, 1.807) is 0 Å². The van der Waals surface area contributed by atoms with Gasteiger partial charge in [0, 0.05) is 12.2 Å². The molecule has 1 atom stereocenters. The second kappa shape index (κ2) is 8.89. The van der Waals surface area contributed by atoms with Gasteiger partial charge in [0.05, 0.1) is 5.56 Å². The number of nitrogens with one attached hydrogen (secondary N) is 1. The number of halogens is 3. The Morgan fingerprint density at radius 2 is 1.78 bits per heavy atom. The molecule has 1 unspecified atom stereocenters.